The van der Waals surface area contributed by atoms with Crippen LogP contribution in [0.15, 0.2) is 27.7 Å². The molecular weight excluding hydrogens is 509 g/mol. The molecule has 0 saturated carbocycles. The van der Waals surface area contributed by atoms with Crippen LogP contribution in [0.5, 0.6) is 5.75 Å². The molecule has 9 heteroatoms. The normalized spacial score (nSPS) is 16.7. The van der Waals surface area contributed by atoms with Gasteiger partial charge in [-0.3, -0.25) is 4.99 Å². The van der Waals surface area contributed by atoms with Crippen LogP contribution < -0.4 is 15.4 Å². The van der Waals surface area contributed by atoms with E-state index in [2.05, 4.69) is 50.9 Å². The number of rotatable bonds is 7. The number of aryl methyl sites for hydroxylation is 1. The lowest BCUT2D eigenvalue weighted by atomic mass is 9.97. The van der Waals surface area contributed by atoms with Crippen LogP contribution in [0.4, 0.5) is 0 Å². The minimum absolute atomic E-state index is 0. The summed E-state index contributed by atoms with van der Waals surface area (Å²) in [6, 6.07) is 6.26. The van der Waals surface area contributed by atoms with Crippen LogP contribution in [0.2, 0.25) is 0 Å². The zero-order valence-electron chi connectivity index (χ0n) is 19.0. The molecule has 1 fully saturated rings. The summed E-state index contributed by atoms with van der Waals surface area (Å²) in [4.78, 5) is 8.72. The van der Waals surface area contributed by atoms with Gasteiger partial charge in [0.15, 0.2) is 11.8 Å². The van der Waals surface area contributed by atoms with Crippen molar-refractivity contribution in [3.05, 3.63) is 41.0 Å². The van der Waals surface area contributed by atoms with Crippen molar-refractivity contribution in [1.29, 1.82) is 0 Å². The maximum atomic E-state index is 6.12. The van der Waals surface area contributed by atoms with Crippen LogP contribution in [-0.2, 0) is 23.2 Å². The fraction of sp³-hybridized carbons (Fsp3) is 0.591. The molecular formula is C22H34IN5O3. The van der Waals surface area contributed by atoms with Crippen LogP contribution in [0.3, 0.4) is 0 Å². The predicted octanol–water partition coefficient (Wildman–Crippen LogP) is 3.57. The van der Waals surface area contributed by atoms with Gasteiger partial charge >= 0.3 is 0 Å². The van der Waals surface area contributed by atoms with E-state index in [9.17, 15) is 0 Å². The smallest absolute Gasteiger partial charge is 0.232 e. The lowest BCUT2D eigenvalue weighted by molar-refractivity contribution is 0.166. The Hall–Kier alpha value is -1.88. The van der Waals surface area contributed by atoms with E-state index in [-0.39, 0.29) is 29.4 Å². The van der Waals surface area contributed by atoms with Gasteiger partial charge in [0, 0.05) is 37.1 Å². The molecule has 1 aromatic carbocycles. The largest absolute Gasteiger partial charge is 0.493 e. The van der Waals surface area contributed by atoms with Gasteiger partial charge in [-0.05, 0) is 25.0 Å². The molecule has 1 aliphatic rings. The summed E-state index contributed by atoms with van der Waals surface area (Å²) < 4.78 is 16.9. The standard InChI is InChI=1S/C22H33N5O3.HI/c1-15-6-7-17(18(10-15)29-14-16-8-9-28-13-16)11-24-21(23-5)25-12-19-26-20(30-27-19)22(2,3)4;/h6-7,10,16H,8-9,11-14H2,1-5H3,(H2,23,24,25);1H. The van der Waals surface area contributed by atoms with Crippen LogP contribution in [-0.4, -0.2) is 43.0 Å². The van der Waals surface area contributed by atoms with Crippen molar-refractivity contribution in [2.75, 3.05) is 26.9 Å². The summed E-state index contributed by atoms with van der Waals surface area (Å²) in [6.07, 6.45) is 1.06. The SMILES string of the molecule is CN=C(NCc1noc(C(C)(C)C)n1)NCc1ccc(C)cc1OCC1CCOC1.I. The minimum Gasteiger partial charge on any atom is -0.493 e. The number of nitrogens with zero attached hydrogens (tertiary/aromatic N) is 3. The topological polar surface area (TPSA) is 93.8 Å². The third-order valence-electron chi connectivity index (χ3n) is 4.91. The van der Waals surface area contributed by atoms with Gasteiger partial charge in [-0.2, -0.15) is 4.98 Å². The Bertz CT molecular complexity index is 857. The molecule has 1 aromatic heterocycles. The maximum Gasteiger partial charge on any atom is 0.232 e. The lowest BCUT2D eigenvalue weighted by Gasteiger charge is -2.16. The highest BCUT2D eigenvalue weighted by molar-refractivity contribution is 14.0. The summed E-state index contributed by atoms with van der Waals surface area (Å²) in [5.74, 6) is 3.25. The van der Waals surface area contributed by atoms with Crippen LogP contribution in [0.25, 0.3) is 0 Å². The van der Waals surface area contributed by atoms with Gasteiger partial charge in [0.1, 0.15) is 5.75 Å². The van der Waals surface area contributed by atoms with E-state index in [0.29, 0.717) is 43.3 Å². The first-order valence-electron chi connectivity index (χ1n) is 10.4. The number of hydrogen-bond donors (Lipinski definition) is 2. The van der Waals surface area contributed by atoms with Crippen molar-refractivity contribution in [3.63, 3.8) is 0 Å². The van der Waals surface area contributed by atoms with Crippen molar-refractivity contribution in [2.24, 2.45) is 10.9 Å². The average molecular weight is 543 g/mol. The van der Waals surface area contributed by atoms with E-state index < -0.39 is 0 Å². The van der Waals surface area contributed by atoms with E-state index in [1.54, 1.807) is 7.05 Å². The first kappa shape index (κ1) is 25.4. The number of nitrogens with one attached hydrogen (secondary N) is 2. The van der Waals surface area contributed by atoms with Gasteiger partial charge in [0.2, 0.25) is 5.89 Å². The van der Waals surface area contributed by atoms with E-state index in [4.69, 9.17) is 14.0 Å². The number of benzene rings is 1. The Balaban J connectivity index is 0.00000341. The molecule has 172 valence electrons. The van der Waals surface area contributed by atoms with E-state index in [1.807, 2.05) is 20.8 Å². The summed E-state index contributed by atoms with van der Waals surface area (Å²) in [7, 11) is 1.73. The van der Waals surface area contributed by atoms with Crippen molar-refractivity contribution in [2.45, 2.75) is 52.6 Å². The fourth-order valence-electron chi connectivity index (χ4n) is 3.06. The molecule has 1 atom stereocenters. The molecule has 2 N–H and O–H groups in total. The molecule has 1 unspecified atom stereocenters. The van der Waals surface area contributed by atoms with Gasteiger partial charge in [-0.15, -0.1) is 24.0 Å². The number of ether oxygens (including phenoxy) is 2. The second-order valence-electron chi connectivity index (χ2n) is 8.70. The Kier molecular flexibility index (Phi) is 9.54. The summed E-state index contributed by atoms with van der Waals surface area (Å²) in [6.45, 7) is 11.5. The Morgan fingerprint density at radius 2 is 2.03 bits per heavy atom. The van der Waals surface area contributed by atoms with Crippen LogP contribution >= 0.6 is 24.0 Å². The molecule has 1 aliphatic heterocycles. The minimum atomic E-state index is -0.169. The second-order valence-corrected chi connectivity index (χ2v) is 8.70. The first-order chi connectivity index (χ1) is 14.3. The number of guanidine groups is 1. The number of hydrogen-bond acceptors (Lipinski definition) is 6. The monoisotopic (exact) mass is 543 g/mol. The average Bonchev–Trinajstić information content (AvgIpc) is 3.39. The molecule has 0 aliphatic carbocycles. The highest BCUT2D eigenvalue weighted by Crippen LogP contribution is 2.23. The van der Waals surface area contributed by atoms with Crippen LogP contribution in [0, 0.1) is 12.8 Å². The van der Waals surface area contributed by atoms with E-state index in [0.717, 1.165) is 30.9 Å². The quantitative estimate of drug-likeness (QED) is 0.313. The van der Waals surface area contributed by atoms with Gasteiger partial charge in [-0.1, -0.05) is 38.1 Å². The molecule has 2 heterocycles. The van der Waals surface area contributed by atoms with Crippen LogP contribution in [0.1, 0.15) is 50.0 Å². The Labute approximate surface area is 201 Å². The fourth-order valence-corrected chi connectivity index (χ4v) is 3.06. The zero-order valence-corrected chi connectivity index (χ0v) is 21.4. The Morgan fingerprint density at radius 3 is 2.68 bits per heavy atom. The second kappa shape index (κ2) is 11.7. The molecule has 31 heavy (non-hydrogen) atoms. The van der Waals surface area contributed by atoms with Gasteiger partial charge in [0.25, 0.3) is 0 Å². The molecule has 1 saturated heterocycles. The van der Waals surface area contributed by atoms with Crippen molar-refractivity contribution in [1.82, 2.24) is 20.8 Å². The summed E-state index contributed by atoms with van der Waals surface area (Å²) in [5, 5.41) is 10.6. The van der Waals surface area contributed by atoms with Gasteiger partial charge < -0.3 is 24.6 Å². The molecule has 0 radical (unpaired) electrons. The van der Waals surface area contributed by atoms with Crippen molar-refractivity contribution >= 4 is 29.9 Å². The molecule has 0 spiro atoms. The van der Waals surface area contributed by atoms with Crippen molar-refractivity contribution < 1.29 is 14.0 Å². The third-order valence-corrected chi connectivity index (χ3v) is 4.91. The summed E-state index contributed by atoms with van der Waals surface area (Å²) >= 11 is 0. The number of halogens is 1. The number of aliphatic imine (C=N–C) groups is 1. The molecule has 0 amide bonds. The molecule has 8 nitrogen and oxygen atoms in total. The first-order valence-corrected chi connectivity index (χ1v) is 10.4. The van der Waals surface area contributed by atoms with E-state index in [1.165, 1.54) is 5.56 Å². The summed E-state index contributed by atoms with van der Waals surface area (Å²) in [5.41, 5.74) is 2.08. The van der Waals surface area contributed by atoms with Crippen molar-refractivity contribution in [3.8, 4) is 5.75 Å². The van der Waals surface area contributed by atoms with E-state index >= 15 is 0 Å². The highest BCUT2D eigenvalue weighted by Gasteiger charge is 2.21. The molecule has 2 aromatic rings. The molecule has 3 rings (SSSR count). The Morgan fingerprint density at radius 1 is 1.26 bits per heavy atom. The zero-order chi connectivity index (χ0) is 21.6. The number of aromatic nitrogens is 2. The van der Waals surface area contributed by atoms with Gasteiger partial charge in [-0.25, -0.2) is 0 Å². The molecule has 0 bridgehead atoms. The maximum absolute atomic E-state index is 6.12. The third kappa shape index (κ3) is 7.64. The highest BCUT2D eigenvalue weighted by atomic mass is 127. The van der Waals surface area contributed by atoms with Gasteiger partial charge in [0.05, 0.1) is 19.8 Å². The lowest BCUT2D eigenvalue weighted by Crippen LogP contribution is -2.36. The predicted molar refractivity (Wildman–Crippen MR) is 131 cm³/mol.